The van der Waals surface area contributed by atoms with Crippen molar-refractivity contribution in [1.29, 1.82) is 0 Å². The van der Waals surface area contributed by atoms with Crippen molar-refractivity contribution in [3.05, 3.63) is 66.0 Å². The SMILES string of the molecule is COC(=O)N[C@H](C(=O)N1CCCC1c1cnc(-c2ccc(-c3ccc(C4=NCC(C5CCCN5C(=O)[C@@H](NC(=O)OC)C(C)C)N4)cc3)cc2)[nH]1)C(C)C. The third-order valence-electron chi connectivity index (χ3n) is 10.7. The molecule has 4 heterocycles. The van der Waals surface area contributed by atoms with Crippen molar-refractivity contribution in [1.82, 2.24) is 35.7 Å². The number of aromatic nitrogens is 2. The number of carbonyl (C=O) groups excluding carboxylic acids is 4. The third-order valence-corrected chi connectivity index (χ3v) is 10.7. The van der Waals surface area contributed by atoms with Crippen LogP contribution in [-0.4, -0.2) is 108 Å². The molecule has 4 amide bonds. The van der Waals surface area contributed by atoms with E-state index < -0.39 is 24.3 Å². The van der Waals surface area contributed by atoms with Gasteiger partial charge in [0, 0.05) is 24.2 Å². The molecule has 4 N–H and O–H groups in total. The van der Waals surface area contributed by atoms with Crippen molar-refractivity contribution in [2.75, 3.05) is 33.9 Å². The topological polar surface area (TPSA) is 170 Å². The molecular weight excluding hydrogens is 688 g/mol. The van der Waals surface area contributed by atoms with Crippen LogP contribution in [0.1, 0.15) is 70.7 Å². The van der Waals surface area contributed by atoms with Crippen molar-refractivity contribution in [3.8, 4) is 22.5 Å². The monoisotopic (exact) mass is 740 g/mol. The molecule has 0 bridgehead atoms. The number of H-pyrrole nitrogens is 1. The van der Waals surface area contributed by atoms with Crippen LogP contribution in [0.5, 0.6) is 0 Å². The minimum absolute atomic E-state index is 0.00973. The van der Waals surface area contributed by atoms with E-state index in [4.69, 9.17) is 14.5 Å². The Morgan fingerprint density at radius 1 is 0.741 bits per heavy atom. The Balaban J connectivity index is 1.07. The molecule has 0 saturated carbocycles. The number of hydrogen-bond acceptors (Lipinski definition) is 9. The number of rotatable bonds is 11. The maximum atomic E-state index is 13.6. The zero-order valence-corrected chi connectivity index (χ0v) is 31.9. The zero-order valence-electron chi connectivity index (χ0n) is 31.9. The number of alkyl carbamates (subject to hydrolysis) is 2. The Labute approximate surface area is 316 Å². The molecule has 2 aromatic carbocycles. The molecule has 0 spiro atoms. The van der Waals surface area contributed by atoms with Crippen LogP contribution in [0.15, 0.2) is 59.7 Å². The van der Waals surface area contributed by atoms with E-state index in [9.17, 15) is 19.2 Å². The van der Waals surface area contributed by atoms with Gasteiger partial charge >= 0.3 is 12.2 Å². The van der Waals surface area contributed by atoms with Gasteiger partial charge in [0.2, 0.25) is 11.8 Å². The van der Waals surface area contributed by atoms with Crippen LogP contribution in [0, 0.1) is 11.8 Å². The summed E-state index contributed by atoms with van der Waals surface area (Å²) in [6, 6.07) is 15.0. The van der Waals surface area contributed by atoms with E-state index in [2.05, 4.69) is 62.3 Å². The molecule has 0 aliphatic carbocycles. The smallest absolute Gasteiger partial charge is 0.407 e. The molecular formula is C40H52N8O6. The second kappa shape index (κ2) is 16.7. The van der Waals surface area contributed by atoms with E-state index in [1.54, 1.807) is 6.20 Å². The second-order valence-corrected chi connectivity index (χ2v) is 14.9. The first-order valence-electron chi connectivity index (χ1n) is 18.9. The number of carbonyl (C=O) groups is 4. The Kier molecular flexibility index (Phi) is 11.9. The Hall–Kier alpha value is -5.40. The number of benzene rings is 2. The zero-order chi connectivity index (χ0) is 38.5. The van der Waals surface area contributed by atoms with Crippen LogP contribution >= 0.6 is 0 Å². The number of amides is 4. The minimum Gasteiger partial charge on any atom is -0.453 e. The molecule has 14 heteroatoms. The molecule has 6 rings (SSSR count). The number of aromatic amines is 1. The number of ether oxygens (including phenoxy) is 2. The highest BCUT2D eigenvalue weighted by molar-refractivity contribution is 6.00. The van der Waals surface area contributed by atoms with Crippen molar-refractivity contribution in [3.63, 3.8) is 0 Å². The molecule has 14 nitrogen and oxygen atoms in total. The van der Waals surface area contributed by atoms with Crippen LogP contribution in [0.3, 0.4) is 0 Å². The lowest BCUT2D eigenvalue weighted by Gasteiger charge is -2.33. The van der Waals surface area contributed by atoms with Gasteiger partial charge in [0.1, 0.15) is 23.7 Å². The first kappa shape index (κ1) is 38.3. The number of hydrogen-bond donors (Lipinski definition) is 4. The number of imidazole rings is 1. The van der Waals surface area contributed by atoms with Gasteiger partial charge in [-0.25, -0.2) is 14.6 Å². The van der Waals surface area contributed by atoms with Gasteiger partial charge in [-0.3, -0.25) is 14.6 Å². The van der Waals surface area contributed by atoms with Gasteiger partial charge in [-0.05, 0) is 48.6 Å². The van der Waals surface area contributed by atoms with E-state index in [-0.39, 0.29) is 41.8 Å². The van der Waals surface area contributed by atoms with Crippen molar-refractivity contribution in [2.24, 2.45) is 16.8 Å². The molecule has 1 aromatic heterocycles. The average molecular weight is 741 g/mol. The van der Waals surface area contributed by atoms with Gasteiger partial charge in [-0.1, -0.05) is 76.2 Å². The van der Waals surface area contributed by atoms with Crippen LogP contribution < -0.4 is 16.0 Å². The lowest BCUT2D eigenvalue weighted by atomic mass is 10.0. The highest BCUT2D eigenvalue weighted by atomic mass is 16.5. The Bertz CT molecular complexity index is 1840. The summed E-state index contributed by atoms with van der Waals surface area (Å²) >= 11 is 0. The Morgan fingerprint density at radius 3 is 1.83 bits per heavy atom. The number of nitrogens with one attached hydrogen (secondary N) is 4. The number of likely N-dealkylation sites (tertiary alicyclic amines) is 2. The van der Waals surface area contributed by atoms with Crippen molar-refractivity contribution < 1.29 is 28.7 Å². The van der Waals surface area contributed by atoms with E-state index >= 15 is 0 Å². The van der Waals surface area contributed by atoms with Gasteiger partial charge in [0.05, 0.1) is 50.8 Å². The van der Waals surface area contributed by atoms with Gasteiger partial charge in [0.15, 0.2) is 0 Å². The molecule has 54 heavy (non-hydrogen) atoms. The lowest BCUT2D eigenvalue weighted by molar-refractivity contribution is -0.136. The molecule has 3 aromatic rings. The first-order chi connectivity index (χ1) is 26.0. The fourth-order valence-electron chi connectivity index (χ4n) is 7.74. The van der Waals surface area contributed by atoms with Gasteiger partial charge in [-0.2, -0.15) is 0 Å². The summed E-state index contributed by atoms with van der Waals surface area (Å²) in [7, 11) is 2.59. The largest absolute Gasteiger partial charge is 0.453 e. The van der Waals surface area contributed by atoms with E-state index in [1.165, 1.54) is 14.2 Å². The number of methoxy groups -OCH3 is 2. The predicted octanol–water partition coefficient (Wildman–Crippen LogP) is 4.88. The summed E-state index contributed by atoms with van der Waals surface area (Å²) in [6.45, 7) is 9.47. The highest BCUT2D eigenvalue weighted by Gasteiger charge is 2.41. The number of aliphatic imine (C=N–C) groups is 1. The quantitative estimate of drug-likeness (QED) is 0.216. The molecule has 0 radical (unpaired) electrons. The van der Waals surface area contributed by atoms with Gasteiger partial charge in [-0.15, -0.1) is 0 Å². The standard InChI is InChI=1S/C40H52N8O6/c1-23(2)33(45-39(51)53-5)37(49)47-19-7-9-31(47)29-21-41-35(43-29)27-15-11-25(12-16-27)26-13-17-28(18-14-26)36-42-22-30(44-36)32-10-8-20-48(32)38(50)34(24(3)4)46-40(52)54-6/h11-18,21,23-24,30-34H,7-10,19-20,22H2,1-6H3,(H,41,43)(H,42,44)(H,45,51)(H,46,52)/t30?,31?,32?,33-,34-/m0/s1. The summed E-state index contributed by atoms with van der Waals surface area (Å²) in [4.78, 5) is 67.6. The van der Waals surface area contributed by atoms with Crippen LogP contribution in [0.25, 0.3) is 22.5 Å². The molecule has 3 unspecified atom stereocenters. The second-order valence-electron chi connectivity index (χ2n) is 14.9. The molecule has 2 fully saturated rings. The summed E-state index contributed by atoms with van der Waals surface area (Å²) in [5.74, 6) is 1.14. The number of amidine groups is 1. The highest BCUT2D eigenvalue weighted by Crippen LogP contribution is 2.34. The average Bonchev–Trinajstić information content (AvgIpc) is 4.02. The van der Waals surface area contributed by atoms with E-state index in [1.807, 2.05) is 49.6 Å². The summed E-state index contributed by atoms with van der Waals surface area (Å²) < 4.78 is 9.52. The summed E-state index contributed by atoms with van der Waals surface area (Å²) in [5, 5.41) is 8.99. The number of nitrogens with zero attached hydrogens (tertiary/aromatic N) is 4. The van der Waals surface area contributed by atoms with Gasteiger partial charge < -0.3 is 40.2 Å². The lowest BCUT2D eigenvalue weighted by Crippen LogP contribution is -2.56. The van der Waals surface area contributed by atoms with Crippen LogP contribution in [-0.2, 0) is 19.1 Å². The van der Waals surface area contributed by atoms with Gasteiger partial charge in [0.25, 0.3) is 0 Å². The fourth-order valence-corrected chi connectivity index (χ4v) is 7.74. The van der Waals surface area contributed by atoms with Crippen molar-refractivity contribution in [2.45, 2.75) is 83.6 Å². The van der Waals surface area contributed by atoms with Crippen molar-refractivity contribution >= 4 is 29.8 Å². The molecule has 5 atom stereocenters. The Morgan fingerprint density at radius 2 is 1.26 bits per heavy atom. The maximum Gasteiger partial charge on any atom is 0.407 e. The predicted molar refractivity (Wildman–Crippen MR) is 205 cm³/mol. The fraction of sp³-hybridized carbons (Fsp3) is 0.500. The third kappa shape index (κ3) is 8.22. The maximum absolute atomic E-state index is 13.6. The first-order valence-corrected chi connectivity index (χ1v) is 18.9. The molecule has 3 aliphatic rings. The summed E-state index contributed by atoms with van der Waals surface area (Å²) in [6.07, 6.45) is 4.01. The van der Waals surface area contributed by atoms with E-state index in [0.717, 1.165) is 65.3 Å². The molecule has 2 saturated heterocycles. The molecule has 3 aliphatic heterocycles. The molecule has 288 valence electrons. The normalized spacial score (nSPS) is 20.7. The van der Waals surface area contributed by atoms with Crippen LogP contribution in [0.2, 0.25) is 0 Å². The minimum atomic E-state index is -0.677. The summed E-state index contributed by atoms with van der Waals surface area (Å²) in [5.41, 5.74) is 4.89. The van der Waals surface area contributed by atoms with E-state index in [0.29, 0.717) is 19.6 Å². The van der Waals surface area contributed by atoms with Crippen LogP contribution in [0.4, 0.5) is 9.59 Å².